The van der Waals surface area contributed by atoms with Crippen molar-refractivity contribution in [2.75, 3.05) is 45.6 Å². The molecule has 0 aromatic carbocycles. The van der Waals surface area contributed by atoms with Gasteiger partial charge >= 0.3 is 0 Å². The van der Waals surface area contributed by atoms with Gasteiger partial charge in [-0.25, -0.2) is 0 Å². The van der Waals surface area contributed by atoms with Crippen LogP contribution in [0, 0.1) is 5.92 Å². The fourth-order valence-corrected chi connectivity index (χ4v) is 3.33. The maximum Gasteiger partial charge on any atom is 0.232 e. The van der Waals surface area contributed by atoms with Crippen LogP contribution in [0.2, 0.25) is 0 Å². The quantitative estimate of drug-likeness (QED) is 0.737. The second-order valence-corrected chi connectivity index (χ2v) is 6.78. The van der Waals surface area contributed by atoms with Crippen LogP contribution in [0.4, 0.5) is 0 Å². The Morgan fingerprint density at radius 1 is 1.42 bits per heavy atom. The Labute approximate surface area is 121 Å². The van der Waals surface area contributed by atoms with Gasteiger partial charge in [0, 0.05) is 25.4 Å². The Kier molecular flexibility index (Phi) is 8.50. The van der Waals surface area contributed by atoms with Crippen LogP contribution in [0.3, 0.4) is 0 Å². The van der Waals surface area contributed by atoms with Gasteiger partial charge in [-0.2, -0.15) is 0 Å². The van der Waals surface area contributed by atoms with E-state index in [2.05, 4.69) is 19.2 Å². The molecule has 1 rings (SSSR count). The molecule has 1 aliphatic heterocycles. The van der Waals surface area contributed by atoms with Gasteiger partial charge in [0.25, 0.3) is 0 Å². The summed E-state index contributed by atoms with van der Waals surface area (Å²) in [5.74, 6) is 1.38. The third-order valence-electron chi connectivity index (χ3n) is 3.23. The minimum Gasteiger partial charge on any atom is -0.383 e. The van der Waals surface area contributed by atoms with Gasteiger partial charge in [-0.05, 0) is 31.8 Å². The van der Waals surface area contributed by atoms with Gasteiger partial charge in [0.2, 0.25) is 5.91 Å². The second kappa shape index (κ2) is 9.61. The summed E-state index contributed by atoms with van der Waals surface area (Å²) >= 11 is 1.82. The largest absolute Gasteiger partial charge is 0.383 e. The number of methoxy groups -OCH3 is 1. The van der Waals surface area contributed by atoms with Gasteiger partial charge in [-0.1, -0.05) is 13.8 Å². The first-order valence-electron chi connectivity index (χ1n) is 7.22. The van der Waals surface area contributed by atoms with E-state index in [1.54, 1.807) is 7.11 Å². The van der Waals surface area contributed by atoms with Crippen molar-refractivity contribution in [2.45, 2.75) is 31.9 Å². The van der Waals surface area contributed by atoms with Crippen LogP contribution < -0.4 is 5.32 Å². The van der Waals surface area contributed by atoms with E-state index in [4.69, 9.17) is 4.74 Å². The highest BCUT2D eigenvalue weighted by molar-refractivity contribution is 8.00. The maximum atomic E-state index is 12.3. The summed E-state index contributed by atoms with van der Waals surface area (Å²) in [6.07, 6.45) is 2.36. The number of amides is 1. The number of rotatable bonds is 8. The van der Waals surface area contributed by atoms with Crippen LogP contribution in [0.25, 0.3) is 0 Å². The van der Waals surface area contributed by atoms with Crippen molar-refractivity contribution in [1.29, 1.82) is 0 Å². The van der Waals surface area contributed by atoms with Crippen LogP contribution >= 0.6 is 11.8 Å². The zero-order valence-corrected chi connectivity index (χ0v) is 13.3. The lowest BCUT2D eigenvalue weighted by Gasteiger charge is -2.26. The van der Waals surface area contributed by atoms with Crippen LogP contribution in [0.1, 0.15) is 26.7 Å². The number of piperidine rings is 1. The molecule has 1 fully saturated rings. The van der Waals surface area contributed by atoms with Crippen LogP contribution in [-0.2, 0) is 9.53 Å². The Morgan fingerprint density at radius 3 is 2.68 bits per heavy atom. The number of hydrogen-bond acceptors (Lipinski definition) is 4. The molecule has 1 N–H and O–H groups in total. The normalized spacial score (nSPS) is 16.8. The van der Waals surface area contributed by atoms with E-state index in [1.165, 1.54) is 12.8 Å². The smallest absolute Gasteiger partial charge is 0.232 e. The Balaban J connectivity index is 2.32. The molecule has 0 saturated carbocycles. The van der Waals surface area contributed by atoms with E-state index < -0.39 is 0 Å². The minimum absolute atomic E-state index is 0.259. The topological polar surface area (TPSA) is 41.6 Å². The summed E-state index contributed by atoms with van der Waals surface area (Å²) in [6.45, 7) is 8.63. The van der Waals surface area contributed by atoms with Gasteiger partial charge in [-0.15, -0.1) is 11.8 Å². The van der Waals surface area contributed by atoms with E-state index in [9.17, 15) is 4.79 Å². The van der Waals surface area contributed by atoms with Gasteiger partial charge in [0.05, 0.1) is 12.4 Å². The van der Waals surface area contributed by atoms with Crippen molar-refractivity contribution in [2.24, 2.45) is 5.92 Å². The molecule has 1 aliphatic rings. The molecule has 0 aliphatic carbocycles. The SMILES string of the molecule is COCCN(CC(C)C)C(=O)CSC1CCNCC1. The molecule has 0 bridgehead atoms. The lowest BCUT2D eigenvalue weighted by atomic mass is 10.2. The second-order valence-electron chi connectivity index (χ2n) is 5.49. The molecule has 0 atom stereocenters. The van der Waals surface area contributed by atoms with Crippen molar-refractivity contribution in [3.8, 4) is 0 Å². The Hall–Kier alpha value is -0.260. The molecule has 4 nitrogen and oxygen atoms in total. The molecule has 19 heavy (non-hydrogen) atoms. The molecule has 0 unspecified atom stereocenters. The monoisotopic (exact) mass is 288 g/mol. The summed E-state index contributed by atoms with van der Waals surface area (Å²) in [7, 11) is 1.68. The van der Waals surface area contributed by atoms with E-state index in [0.717, 1.165) is 19.6 Å². The zero-order chi connectivity index (χ0) is 14.1. The van der Waals surface area contributed by atoms with Gasteiger partial charge < -0.3 is 15.0 Å². The average Bonchev–Trinajstić information content (AvgIpc) is 2.41. The third kappa shape index (κ3) is 7.18. The molecule has 5 heteroatoms. The number of ether oxygens (including phenoxy) is 1. The lowest BCUT2D eigenvalue weighted by Crippen LogP contribution is -2.38. The third-order valence-corrected chi connectivity index (χ3v) is 4.59. The van der Waals surface area contributed by atoms with E-state index in [1.807, 2.05) is 16.7 Å². The molecular weight excluding hydrogens is 260 g/mol. The predicted molar refractivity (Wildman–Crippen MR) is 81.6 cm³/mol. The number of nitrogens with zero attached hydrogens (tertiary/aromatic N) is 1. The Bertz CT molecular complexity index is 256. The molecule has 0 aromatic heterocycles. The highest BCUT2D eigenvalue weighted by Gasteiger charge is 2.18. The summed E-state index contributed by atoms with van der Waals surface area (Å²) in [4.78, 5) is 14.2. The number of carbonyl (C=O) groups excluding carboxylic acids is 1. The molecule has 112 valence electrons. The standard InChI is InChI=1S/C14H28N2O2S/c1-12(2)10-16(8-9-18-3)14(17)11-19-13-4-6-15-7-5-13/h12-13,15H,4-11H2,1-3H3. The van der Waals surface area contributed by atoms with Gasteiger partial charge in [0.15, 0.2) is 0 Å². The Morgan fingerprint density at radius 2 is 2.11 bits per heavy atom. The summed E-state index contributed by atoms with van der Waals surface area (Å²) in [5.41, 5.74) is 0. The van der Waals surface area contributed by atoms with Crippen molar-refractivity contribution in [3.63, 3.8) is 0 Å². The van der Waals surface area contributed by atoms with Crippen molar-refractivity contribution in [3.05, 3.63) is 0 Å². The van der Waals surface area contributed by atoms with Gasteiger partial charge in [-0.3, -0.25) is 4.79 Å². The molecule has 1 saturated heterocycles. The minimum atomic E-state index is 0.259. The molecule has 0 aromatic rings. The first-order valence-corrected chi connectivity index (χ1v) is 8.27. The van der Waals surface area contributed by atoms with Crippen LogP contribution in [-0.4, -0.2) is 61.7 Å². The average molecular weight is 288 g/mol. The number of thioether (sulfide) groups is 1. The van der Waals surface area contributed by atoms with Crippen molar-refractivity contribution < 1.29 is 9.53 Å². The summed E-state index contributed by atoms with van der Waals surface area (Å²) < 4.78 is 5.09. The zero-order valence-electron chi connectivity index (χ0n) is 12.5. The van der Waals surface area contributed by atoms with E-state index >= 15 is 0 Å². The molecule has 1 heterocycles. The first-order chi connectivity index (χ1) is 9.13. The fourth-order valence-electron chi connectivity index (χ4n) is 2.20. The molecule has 0 radical (unpaired) electrons. The van der Waals surface area contributed by atoms with Gasteiger partial charge in [0.1, 0.15) is 0 Å². The number of carbonyl (C=O) groups is 1. The maximum absolute atomic E-state index is 12.3. The van der Waals surface area contributed by atoms with Crippen LogP contribution in [0.5, 0.6) is 0 Å². The highest BCUT2D eigenvalue weighted by Crippen LogP contribution is 2.20. The molecule has 0 spiro atoms. The first kappa shape index (κ1) is 16.8. The lowest BCUT2D eigenvalue weighted by molar-refractivity contribution is -0.129. The highest BCUT2D eigenvalue weighted by atomic mass is 32.2. The van der Waals surface area contributed by atoms with Crippen LogP contribution in [0.15, 0.2) is 0 Å². The van der Waals surface area contributed by atoms with E-state index in [-0.39, 0.29) is 5.91 Å². The predicted octanol–water partition coefficient (Wildman–Crippen LogP) is 1.60. The van der Waals surface area contributed by atoms with Crippen molar-refractivity contribution in [1.82, 2.24) is 10.2 Å². The molecule has 1 amide bonds. The fraction of sp³-hybridized carbons (Fsp3) is 0.929. The summed E-state index contributed by atoms with van der Waals surface area (Å²) in [5, 5.41) is 4.00. The number of hydrogen-bond donors (Lipinski definition) is 1. The van der Waals surface area contributed by atoms with Crippen molar-refractivity contribution >= 4 is 17.7 Å². The molecular formula is C14H28N2O2S. The van der Waals surface area contributed by atoms with E-state index in [0.29, 0.717) is 30.1 Å². The number of nitrogens with one attached hydrogen (secondary N) is 1. The summed E-state index contributed by atoms with van der Waals surface area (Å²) in [6, 6.07) is 0.